The monoisotopic (exact) mass is 459 g/mol. The minimum absolute atomic E-state index is 0.00419. The van der Waals surface area contributed by atoms with Crippen molar-refractivity contribution in [1.29, 1.82) is 0 Å². The van der Waals surface area contributed by atoms with Crippen molar-refractivity contribution >= 4 is 27.5 Å². The normalized spacial score (nSPS) is 14.8. The predicted molar refractivity (Wildman–Crippen MR) is 122 cm³/mol. The molecule has 0 saturated carbocycles. The van der Waals surface area contributed by atoms with Crippen LogP contribution in [0.2, 0.25) is 0 Å². The third kappa shape index (κ3) is 5.46. The van der Waals surface area contributed by atoms with Crippen LogP contribution in [-0.2, 0) is 20.2 Å². The van der Waals surface area contributed by atoms with E-state index in [2.05, 4.69) is 31.4 Å². The first-order chi connectivity index (χ1) is 15.0. The van der Waals surface area contributed by atoms with Crippen LogP contribution in [0, 0.1) is 0 Å². The van der Waals surface area contributed by atoms with Crippen LogP contribution in [0.5, 0.6) is 5.75 Å². The Labute approximate surface area is 188 Å². The summed E-state index contributed by atoms with van der Waals surface area (Å²) < 4.78 is 26.8. The zero-order chi connectivity index (χ0) is 23.5. The van der Waals surface area contributed by atoms with Crippen LogP contribution in [0.25, 0.3) is 0 Å². The van der Waals surface area contributed by atoms with E-state index in [1.807, 2.05) is 12.1 Å². The van der Waals surface area contributed by atoms with Crippen LogP contribution in [0.15, 0.2) is 47.4 Å². The van der Waals surface area contributed by atoms with Gasteiger partial charge in [0, 0.05) is 18.7 Å². The van der Waals surface area contributed by atoms with E-state index in [0.717, 1.165) is 18.4 Å². The van der Waals surface area contributed by atoms with Crippen molar-refractivity contribution in [2.24, 2.45) is 0 Å². The van der Waals surface area contributed by atoms with Crippen molar-refractivity contribution in [1.82, 2.24) is 9.62 Å². The number of carbonyl (C=O) groups is 2. The summed E-state index contributed by atoms with van der Waals surface area (Å²) in [7, 11) is -3.69. The molecule has 32 heavy (non-hydrogen) atoms. The van der Waals surface area contributed by atoms with Crippen molar-refractivity contribution in [3.63, 3.8) is 0 Å². The summed E-state index contributed by atoms with van der Waals surface area (Å²) in [5.41, 5.74) is 1.45. The Morgan fingerprint density at radius 1 is 1.03 bits per heavy atom. The SMILES string of the molecule is CC(C)(C)c1ccc(C(=O)NCC(=O)Nc2cc(S(=O)(=O)N3CCCC3)ccc2O)cc1. The van der Waals surface area contributed by atoms with E-state index < -0.39 is 21.8 Å². The molecule has 0 spiro atoms. The molecule has 0 aromatic heterocycles. The highest BCUT2D eigenvalue weighted by atomic mass is 32.2. The molecule has 0 bridgehead atoms. The molecule has 9 heteroatoms. The van der Waals surface area contributed by atoms with E-state index in [0.29, 0.717) is 18.7 Å². The highest BCUT2D eigenvalue weighted by Gasteiger charge is 2.28. The quantitative estimate of drug-likeness (QED) is 0.575. The average molecular weight is 460 g/mol. The fourth-order valence-corrected chi connectivity index (χ4v) is 4.98. The Morgan fingerprint density at radius 3 is 2.25 bits per heavy atom. The Hall–Kier alpha value is -2.91. The van der Waals surface area contributed by atoms with Crippen LogP contribution in [-0.4, -0.2) is 49.3 Å². The molecule has 0 atom stereocenters. The summed E-state index contributed by atoms with van der Waals surface area (Å²) in [6.07, 6.45) is 1.61. The zero-order valence-corrected chi connectivity index (χ0v) is 19.3. The van der Waals surface area contributed by atoms with Gasteiger partial charge in [0.2, 0.25) is 15.9 Å². The van der Waals surface area contributed by atoms with Crippen LogP contribution in [0.1, 0.15) is 49.5 Å². The number of phenols is 1. The van der Waals surface area contributed by atoms with Crippen molar-refractivity contribution in [2.45, 2.75) is 43.9 Å². The Balaban J connectivity index is 1.63. The molecule has 1 saturated heterocycles. The summed E-state index contributed by atoms with van der Waals surface area (Å²) >= 11 is 0. The lowest BCUT2D eigenvalue weighted by Crippen LogP contribution is -2.33. The van der Waals surface area contributed by atoms with Gasteiger partial charge in [0.1, 0.15) is 5.75 Å². The Kier molecular flexibility index (Phi) is 6.90. The maximum absolute atomic E-state index is 12.7. The van der Waals surface area contributed by atoms with Crippen LogP contribution in [0.3, 0.4) is 0 Å². The number of amides is 2. The number of sulfonamides is 1. The molecule has 2 aromatic carbocycles. The van der Waals surface area contributed by atoms with Gasteiger partial charge >= 0.3 is 0 Å². The molecule has 1 fully saturated rings. The highest BCUT2D eigenvalue weighted by molar-refractivity contribution is 7.89. The number of phenolic OH excluding ortho intramolecular Hbond substituents is 1. The fourth-order valence-electron chi connectivity index (χ4n) is 3.43. The molecule has 0 aliphatic carbocycles. The summed E-state index contributed by atoms with van der Waals surface area (Å²) in [6.45, 7) is 6.80. The van der Waals surface area contributed by atoms with Gasteiger partial charge in [0.05, 0.1) is 17.1 Å². The minimum Gasteiger partial charge on any atom is -0.506 e. The van der Waals surface area contributed by atoms with Crippen LogP contribution >= 0.6 is 0 Å². The van der Waals surface area contributed by atoms with Crippen LogP contribution in [0.4, 0.5) is 5.69 Å². The van der Waals surface area contributed by atoms with Gasteiger partial charge in [-0.25, -0.2) is 8.42 Å². The lowest BCUT2D eigenvalue weighted by Gasteiger charge is -2.19. The average Bonchev–Trinajstić information content (AvgIpc) is 3.29. The lowest BCUT2D eigenvalue weighted by atomic mass is 9.87. The van der Waals surface area contributed by atoms with Gasteiger partial charge in [-0.1, -0.05) is 32.9 Å². The smallest absolute Gasteiger partial charge is 0.251 e. The Bertz CT molecular complexity index is 1100. The van der Waals surface area contributed by atoms with Crippen molar-refractivity contribution in [3.8, 4) is 5.75 Å². The molecule has 2 amide bonds. The van der Waals surface area contributed by atoms with Gasteiger partial charge in [0.25, 0.3) is 5.91 Å². The second kappa shape index (κ2) is 9.30. The van der Waals surface area contributed by atoms with E-state index in [9.17, 15) is 23.1 Å². The van der Waals surface area contributed by atoms with E-state index in [4.69, 9.17) is 0 Å². The number of benzene rings is 2. The number of aromatic hydroxyl groups is 1. The summed E-state index contributed by atoms with van der Waals surface area (Å²) in [6, 6.07) is 10.9. The predicted octanol–water partition coefficient (Wildman–Crippen LogP) is 2.84. The number of hydrogen-bond acceptors (Lipinski definition) is 5. The molecule has 1 aliphatic heterocycles. The minimum atomic E-state index is -3.69. The maximum atomic E-state index is 12.7. The number of hydrogen-bond donors (Lipinski definition) is 3. The molecular formula is C23H29N3O5S. The van der Waals surface area contributed by atoms with Crippen molar-refractivity contribution < 1.29 is 23.1 Å². The van der Waals surface area contributed by atoms with E-state index in [1.54, 1.807) is 12.1 Å². The van der Waals surface area contributed by atoms with Gasteiger partial charge < -0.3 is 15.7 Å². The first kappa shape index (κ1) is 23.7. The molecular weight excluding hydrogens is 430 g/mol. The van der Waals surface area contributed by atoms with Gasteiger partial charge in [-0.05, 0) is 54.2 Å². The first-order valence-electron chi connectivity index (χ1n) is 10.5. The van der Waals surface area contributed by atoms with Gasteiger partial charge in [0.15, 0.2) is 0 Å². The number of nitrogens with one attached hydrogen (secondary N) is 2. The molecule has 3 N–H and O–H groups in total. The molecule has 172 valence electrons. The fraction of sp³-hybridized carbons (Fsp3) is 0.391. The second-order valence-electron chi connectivity index (χ2n) is 8.85. The van der Waals surface area contributed by atoms with E-state index in [-0.39, 0.29) is 28.3 Å². The number of anilines is 1. The molecule has 0 radical (unpaired) electrons. The molecule has 1 aliphatic rings. The van der Waals surface area contributed by atoms with Crippen LogP contribution < -0.4 is 10.6 Å². The number of rotatable bonds is 6. The maximum Gasteiger partial charge on any atom is 0.251 e. The lowest BCUT2D eigenvalue weighted by molar-refractivity contribution is -0.115. The summed E-state index contributed by atoms with van der Waals surface area (Å²) in [5, 5.41) is 15.0. The van der Waals surface area contributed by atoms with E-state index >= 15 is 0 Å². The molecule has 8 nitrogen and oxygen atoms in total. The van der Waals surface area contributed by atoms with Gasteiger partial charge in [-0.3, -0.25) is 9.59 Å². The topological polar surface area (TPSA) is 116 Å². The van der Waals surface area contributed by atoms with E-state index in [1.165, 1.54) is 22.5 Å². The molecule has 0 unspecified atom stereocenters. The van der Waals surface area contributed by atoms with Gasteiger partial charge in [-0.15, -0.1) is 0 Å². The largest absolute Gasteiger partial charge is 0.506 e. The zero-order valence-electron chi connectivity index (χ0n) is 18.5. The summed E-state index contributed by atoms with van der Waals surface area (Å²) in [5.74, 6) is -1.26. The summed E-state index contributed by atoms with van der Waals surface area (Å²) in [4.78, 5) is 24.6. The second-order valence-corrected chi connectivity index (χ2v) is 10.8. The Morgan fingerprint density at radius 2 is 1.66 bits per heavy atom. The van der Waals surface area contributed by atoms with Crippen molar-refractivity contribution in [2.75, 3.05) is 25.0 Å². The molecule has 3 rings (SSSR count). The number of nitrogens with zero attached hydrogens (tertiary/aromatic N) is 1. The molecule has 1 heterocycles. The third-order valence-electron chi connectivity index (χ3n) is 5.37. The van der Waals surface area contributed by atoms with Gasteiger partial charge in [-0.2, -0.15) is 4.31 Å². The first-order valence-corrected chi connectivity index (χ1v) is 11.9. The standard InChI is InChI=1S/C23H29N3O5S/c1-23(2,3)17-8-6-16(7-9-17)22(29)24-15-21(28)25-19-14-18(10-11-20(19)27)32(30,31)26-12-4-5-13-26/h6-11,14,27H,4-5,12-13,15H2,1-3H3,(H,24,29)(H,25,28). The van der Waals surface area contributed by atoms with Crippen molar-refractivity contribution in [3.05, 3.63) is 53.6 Å². The highest BCUT2D eigenvalue weighted by Crippen LogP contribution is 2.29. The molecule has 2 aromatic rings. The third-order valence-corrected chi connectivity index (χ3v) is 7.26. The number of carbonyl (C=O) groups excluding carboxylic acids is 2.